The summed E-state index contributed by atoms with van der Waals surface area (Å²) in [5, 5.41) is 14.4. The van der Waals surface area contributed by atoms with Gasteiger partial charge in [-0.25, -0.2) is 4.79 Å². The summed E-state index contributed by atoms with van der Waals surface area (Å²) in [6.45, 7) is 2.87. The Hall–Kier alpha value is -1.63. The molecule has 0 bridgehead atoms. The van der Waals surface area contributed by atoms with Crippen LogP contribution in [-0.4, -0.2) is 59.5 Å². The fourth-order valence-corrected chi connectivity index (χ4v) is 2.93. The summed E-state index contributed by atoms with van der Waals surface area (Å²) in [5.74, 6) is -1.39. The molecule has 7 heteroatoms. The Labute approximate surface area is 111 Å². The van der Waals surface area contributed by atoms with Gasteiger partial charge in [0.05, 0.1) is 5.92 Å². The van der Waals surface area contributed by atoms with E-state index in [0.717, 1.165) is 19.4 Å². The van der Waals surface area contributed by atoms with Gasteiger partial charge in [0.15, 0.2) is 0 Å². The summed E-state index contributed by atoms with van der Waals surface area (Å²) in [7, 11) is 0. The molecular formula is C12H19N3O4. The Morgan fingerprint density at radius 3 is 2.95 bits per heavy atom. The number of likely N-dealkylation sites (tertiary alicyclic amines) is 1. The molecule has 2 amide bonds. The van der Waals surface area contributed by atoms with Gasteiger partial charge in [-0.15, -0.1) is 0 Å². The highest BCUT2D eigenvalue weighted by Gasteiger charge is 2.41. The zero-order valence-electron chi connectivity index (χ0n) is 10.9. The summed E-state index contributed by atoms with van der Waals surface area (Å²) < 4.78 is 0. The van der Waals surface area contributed by atoms with Gasteiger partial charge in [0.2, 0.25) is 11.8 Å². The molecule has 3 atom stereocenters. The van der Waals surface area contributed by atoms with Gasteiger partial charge >= 0.3 is 5.97 Å². The van der Waals surface area contributed by atoms with Crippen LogP contribution in [0.4, 0.5) is 0 Å². The molecule has 19 heavy (non-hydrogen) atoms. The number of carbonyl (C=O) groups is 3. The largest absolute Gasteiger partial charge is 0.480 e. The number of nitrogens with zero attached hydrogens (tertiary/aromatic N) is 1. The Kier molecular flexibility index (Phi) is 4.04. The average molecular weight is 269 g/mol. The number of nitrogens with one attached hydrogen (secondary N) is 2. The second-order valence-electron chi connectivity index (χ2n) is 5.15. The van der Waals surface area contributed by atoms with Crippen LogP contribution < -0.4 is 10.6 Å². The van der Waals surface area contributed by atoms with Crippen molar-refractivity contribution in [2.45, 2.75) is 31.8 Å². The average Bonchev–Trinajstić information content (AvgIpc) is 2.71. The molecular weight excluding hydrogens is 250 g/mol. The Morgan fingerprint density at radius 1 is 1.58 bits per heavy atom. The molecule has 0 aromatic rings. The number of hydrogen-bond acceptors (Lipinski definition) is 4. The van der Waals surface area contributed by atoms with E-state index in [4.69, 9.17) is 5.11 Å². The van der Waals surface area contributed by atoms with Crippen molar-refractivity contribution in [3.63, 3.8) is 0 Å². The summed E-state index contributed by atoms with van der Waals surface area (Å²) in [4.78, 5) is 35.8. The van der Waals surface area contributed by atoms with E-state index in [1.165, 1.54) is 6.92 Å². The van der Waals surface area contributed by atoms with Crippen LogP contribution in [0.15, 0.2) is 0 Å². The van der Waals surface area contributed by atoms with E-state index in [0.29, 0.717) is 6.54 Å². The van der Waals surface area contributed by atoms with E-state index in [2.05, 4.69) is 10.6 Å². The summed E-state index contributed by atoms with van der Waals surface area (Å²) in [6, 6.07) is -0.871. The molecule has 2 aliphatic rings. The molecule has 2 aliphatic heterocycles. The minimum Gasteiger partial charge on any atom is -0.480 e. The third-order valence-corrected chi connectivity index (χ3v) is 3.81. The van der Waals surface area contributed by atoms with E-state index in [9.17, 15) is 14.4 Å². The summed E-state index contributed by atoms with van der Waals surface area (Å²) >= 11 is 0. The van der Waals surface area contributed by atoms with E-state index < -0.39 is 12.0 Å². The monoisotopic (exact) mass is 269 g/mol. The van der Waals surface area contributed by atoms with E-state index in [1.54, 1.807) is 0 Å². The first-order chi connectivity index (χ1) is 8.99. The van der Waals surface area contributed by atoms with Crippen molar-refractivity contribution in [1.29, 1.82) is 0 Å². The number of fused-ring (bicyclic) bond motifs is 1. The maximum atomic E-state index is 11.6. The lowest BCUT2D eigenvalue weighted by molar-refractivity contribution is -0.142. The molecule has 0 aliphatic carbocycles. The highest BCUT2D eigenvalue weighted by atomic mass is 16.4. The predicted octanol–water partition coefficient (Wildman–Crippen LogP) is -1.21. The number of carboxylic acid groups (broad SMARTS) is 1. The van der Waals surface area contributed by atoms with Gasteiger partial charge < -0.3 is 15.7 Å². The number of hydrogen-bond donors (Lipinski definition) is 3. The molecule has 2 heterocycles. The fraction of sp³-hybridized carbons (Fsp3) is 0.750. The van der Waals surface area contributed by atoms with Crippen molar-refractivity contribution < 1.29 is 19.5 Å². The number of piperidine rings is 1. The fourth-order valence-electron chi connectivity index (χ4n) is 2.93. The standard InChI is InChI=1S/C12H19N3O4/c1-7(16)14-9(12(18)19)6-15-4-2-3-8-10(15)5-13-11(8)17/h8-10H,2-6H2,1H3,(H,13,17)(H,14,16)(H,18,19). The van der Waals surface area contributed by atoms with Gasteiger partial charge in [0, 0.05) is 26.1 Å². The third-order valence-electron chi connectivity index (χ3n) is 3.81. The van der Waals surface area contributed by atoms with Crippen molar-refractivity contribution in [1.82, 2.24) is 15.5 Å². The topological polar surface area (TPSA) is 98.7 Å². The van der Waals surface area contributed by atoms with E-state index in [-0.39, 0.29) is 30.3 Å². The van der Waals surface area contributed by atoms with E-state index >= 15 is 0 Å². The zero-order chi connectivity index (χ0) is 14.0. The highest BCUT2D eigenvalue weighted by molar-refractivity contribution is 5.83. The SMILES string of the molecule is CC(=O)NC(CN1CCCC2C(=O)NCC21)C(=O)O. The molecule has 2 saturated heterocycles. The minimum atomic E-state index is -1.05. The molecule has 0 spiro atoms. The van der Waals surface area contributed by atoms with Crippen LogP contribution in [0, 0.1) is 5.92 Å². The van der Waals surface area contributed by atoms with Crippen LogP contribution in [0.1, 0.15) is 19.8 Å². The number of carboxylic acids is 1. The normalized spacial score (nSPS) is 28.4. The number of aliphatic carboxylic acids is 1. The molecule has 2 rings (SSSR count). The maximum Gasteiger partial charge on any atom is 0.327 e. The second kappa shape index (κ2) is 5.56. The quantitative estimate of drug-likeness (QED) is 0.594. The maximum absolute atomic E-state index is 11.6. The van der Waals surface area contributed by atoms with Gasteiger partial charge in [0.25, 0.3) is 0 Å². The molecule has 0 saturated carbocycles. The van der Waals surface area contributed by atoms with Crippen molar-refractivity contribution in [2.75, 3.05) is 19.6 Å². The summed E-state index contributed by atoms with van der Waals surface area (Å²) in [5.41, 5.74) is 0. The van der Waals surface area contributed by atoms with Crippen molar-refractivity contribution in [3.05, 3.63) is 0 Å². The molecule has 3 unspecified atom stereocenters. The first-order valence-electron chi connectivity index (χ1n) is 6.50. The number of amides is 2. The number of carbonyl (C=O) groups excluding carboxylic acids is 2. The first-order valence-corrected chi connectivity index (χ1v) is 6.50. The lowest BCUT2D eigenvalue weighted by atomic mass is 9.91. The molecule has 2 fully saturated rings. The molecule has 0 aromatic heterocycles. The Balaban J connectivity index is 2.02. The summed E-state index contributed by atoms with van der Waals surface area (Å²) in [6.07, 6.45) is 1.73. The van der Waals surface area contributed by atoms with Gasteiger partial charge in [0.1, 0.15) is 6.04 Å². The third kappa shape index (κ3) is 3.04. The second-order valence-corrected chi connectivity index (χ2v) is 5.15. The van der Waals surface area contributed by atoms with Crippen LogP contribution in [0.25, 0.3) is 0 Å². The van der Waals surface area contributed by atoms with Crippen molar-refractivity contribution >= 4 is 17.8 Å². The Morgan fingerprint density at radius 2 is 2.32 bits per heavy atom. The van der Waals surface area contributed by atoms with Gasteiger partial charge in [-0.05, 0) is 19.4 Å². The minimum absolute atomic E-state index is 0.0412. The van der Waals surface area contributed by atoms with Crippen LogP contribution in [0.3, 0.4) is 0 Å². The zero-order valence-corrected chi connectivity index (χ0v) is 10.9. The first kappa shape index (κ1) is 13.8. The lowest BCUT2D eigenvalue weighted by Crippen LogP contribution is -2.54. The van der Waals surface area contributed by atoms with Crippen molar-refractivity contribution in [2.24, 2.45) is 5.92 Å². The van der Waals surface area contributed by atoms with Crippen LogP contribution in [0.5, 0.6) is 0 Å². The molecule has 106 valence electrons. The van der Waals surface area contributed by atoms with Gasteiger partial charge in [-0.3, -0.25) is 14.5 Å². The van der Waals surface area contributed by atoms with E-state index in [1.807, 2.05) is 4.90 Å². The Bertz CT molecular complexity index is 398. The molecule has 7 nitrogen and oxygen atoms in total. The van der Waals surface area contributed by atoms with Crippen molar-refractivity contribution in [3.8, 4) is 0 Å². The lowest BCUT2D eigenvalue weighted by Gasteiger charge is -2.37. The van der Waals surface area contributed by atoms with Crippen LogP contribution in [0.2, 0.25) is 0 Å². The van der Waals surface area contributed by atoms with Crippen LogP contribution >= 0.6 is 0 Å². The molecule has 0 radical (unpaired) electrons. The number of rotatable bonds is 4. The van der Waals surface area contributed by atoms with Gasteiger partial charge in [-0.1, -0.05) is 0 Å². The van der Waals surface area contributed by atoms with Gasteiger partial charge in [-0.2, -0.15) is 0 Å². The smallest absolute Gasteiger partial charge is 0.327 e. The molecule has 3 N–H and O–H groups in total. The highest BCUT2D eigenvalue weighted by Crippen LogP contribution is 2.27. The molecule has 0 aromatic carbocycles. The predicted molar refractivity (Wildman–Crippen MR) is 66.3 cm³/mol. The van der Waals surface area contributed by atoms with Crippen LogP contribution in [-0.2, 0) is 14.4 Å².